The van der Waals surface area contributed by atoms with Gasteiger partial charge >= 0.3 is 0 Å². The van der Waals surface area contributed by atoms with Gasteiger partial charge in [0.2, 0.25) is 5.88 Å². The van der Waals surface area contributed by atoms with Crippen molar-refractivity contribution >= 4 is 11.5 Å². The zero-order valence-corrected chi connectivity index (χ0v) is 9.27. The fraction of sp³-hybridized carbons (Fsp3) is 0.167. The molecule has 0 saturated carbocycles. The largest absolute Gasteiger partial charge is 0.481 e. The van der Waals surface area contributed by atoms with Crippen LogP contribution in [0.1, 0.15) is 5.56 Å². The maximum atomic E-state index is 5.06. The van der Waals surface area contributed by atoms with E-state index in [-0.39, 0.29) is 0 Å². The standard InChI is InChI=1S/C12H13N3O/c1-9-8-13-7-6-10(9)14-11-4-3-5-12(15-11)16-2/h3-8H,1-2H3,(H,13,14,15). The van der Waals surface area contributed by atoms with E-state index in [0.717, 1.165) is 17.1 Å². The van der Waals surface area contributed by atoms with Crippen LogP contribution < -0.4 is 10.1 Å². The summed E-state index contributed by atoms with van der Waals surface area (Å²) in [7, 11) is 1.60. The van der Waals surface area contributed by atoms with Crippen molar-refractivity contribution in [3.05, 3.63) is 42.2 Å². The van der Waals surface area contributed by atoms with Crippen LogP contribution in [0.15, 0.2) is 36.7 Å². The third kappa shape index (κ3) is 2.28. The van der Waals surface area contributed by atoms with Gasteiger partial charge in [-0.3, -0.25) is 4.98 Å². The Bertz CT molecular complexity index is 485. The molecule has 0 aliphatic heterocycles. The van der Waals surface area contributed by atoms with E-state index in [1.807, 2.05) is 37.4 Å². The van der Waals surface area contributed by atoms with Gasteiger partial charge in [-0.2, -0.15) is 4.98 Å². The summed E-state index contributed by atoms with van der Waals surface area (Å²) in [5, 5.41) is 3.22. The Morgan fingerprint density at radius 3 is 2.88 bits per heavy atom. The van der Waals surface area contributed by atoms with E-state index < -0.39 is 0 Å². The summed E-state index contributed by atoms with van der Waals surface area (Å²) in [6.07, 6.45) is 3.55. The molecule has 0 amide bonds. The number of aryl methyl sites for hydroxylation is 1. The second-order valence-corrected chi connectivity index (χ2v) is 3.38. The Kier molecular flexibility index (Phi) is 3.00. The van der Waals surface area contributed by atoms with Crippen molar-refractivity contribution < 1.29 is 4.74 Å². The molecule has 1 N–H and O–H groups in total. The Labute approximate surface area is 94.3 Å². The van der Waals surface area contributed by atoms with E-state index in [1.54, 1.807) is 13.3 Å². The molecule has 0 spiro atoms. The summed E-state index contributed by atoms with van der Waals surface area (Å²) in [4.78, 5) is 8.31. The molecule has 2 heterocycles. The van der Waals surface area contributed by atoms with E-state index in [1.165, 1.54) is 0 Å². The van der Waals surface area contributed by atoms with Crippen molar-refractivity contribution in [1.82, 2.24) is 9.97 Å². The molecule has 0 unspecified atom stereocenters. The minimum absolute atomic E-state index is 0.594. The van der Waals surface area contributed by atoms with Gasteiger partial charge in [0, 0.05) is 24.1 Å². The molecule has 16 heavy (non-hydrogen) atoms. The summed E-state index contributed by atoms with van der Waals surface area (Å²) < 4.78 is 5.06. The normalized spacial score (nSPS) is 9.88. The number of rotatable bonds is 3. The monoisotopic (exact) mass is 215 g/mol. The van der Waals surface area contributed by atoms with Crippen LogP contribution in [0, 0.1) is 6.92 Å². The highest BCUT2D eigenvalue weighted by molar-refractivity contribution is 5.59. The lowest BCUT2D eigenvalue weighted by molar-refractivity contribution is 0.398. The fourth-order valence-electron chi connectivity index (χ4n) is 1.35. The summed E-state index contributed by atoms with van der Waals surface area (Å²) in [6, 6.07) is 7.51. The first kappa shape index (κ1) is 10.4. The average molecular weight is 215 g/mol. The maximum Gasteiger partial charge on any atom is 0.214 e. The first-order chi connectivity index (χ1) is 7.79. The van der Waals surface area contributed by atoms with Gasteiger partial charge in [0.05, 0.1) is 7.11 Å². The summed E-state index contributed by atoms with van der Waals surface area (Å²) in [5.74, 6) is 1.35. The van der Waals surface area contributed by atoms with Gasteiger partial charge in [-0.05, 0) is 24.6 Å². The Balaban J connectivity index is 2.24. The molecular formula is C12H13N3O. The van der Waals surface area contributed by atoms with Gasteiger partial charge in [0.25, 0.3) is 0 Å². The number of anilines is 2. The van der Waals surface area contributed by atoms with Crippen molar-refractivity contribution in [3.63, 3.8) is 0 Å². The highest BCUT2D eigenvalue weighted by Gasteiger charge is 2.00. The Hall–Kier alpha value is -2.10. The maximum absolute atomic E-state index is 5.06. The predicted octanol–water partition coefficient (Wildman–Crippen LogP) is 2.54. The molecule has 0 aliphatic rings. The van der Waals surface area contributed by atoms with Crippen LogP contribution in [-0.4, -0.2) is 17.1 Å². The second-order valence-electron chi connectivity index (χ2n) is 3.38. The van der Waals surface area contributed by atoms with Crippen LogP contribution in [0.25, 0.3) is 0 Å². The fourth-order valence-corrected chi connectivity index (χ4v) is 1.35. The zero-order chi connectivity index (χ0) is 11.4. The highest BCUT2D eigenvalue weighted by Crippen LogP contribution is 2.19. The molecule has 0 saturated heterocycles. The summed E-state index contributed by atoms with van der Waals surface area (Å²) in [6.45, 7) is 2.00. The van der Waals surface area contributed by atoms with Crippen molar-refractivity contribution in [1.29, 1.82) is 0 Å². The molecule has 2 rings (SSSR count). The smallest absolute Gasteiger partial charge is 0.214 e. The SMILES string of the molecule is COc1cccc(Nc2ccncc2C)n1. The van der Waals surface area contributed by atoms with E-state index >= 15 is 0 Å². The van der Waals surface area contributed by atoms with Crippen molar-refractivity contribution in [3.8, 4) is 5.88 Å². The van der Waals surface area contributed by atoms with Crippen LogP contribution in [0.3, 0.4) is 0 Å². The molecule has 2 aromatic heterocycles. The molecule has 4 heteroatoms. The van der Waals surface area contributed by atoms with Gasteiger partial charge in [0.1, 0.15) is 5.82 Å². The molecular weight excluding hydrogens is 202 g/mol. The van der Waals surface area contributed by atoms with E-state index in [0.29, 0.717) is 5.88 Å². The Morgan fingerprint density at radius 1 is 1.25 bits per heavy atom. The molecule has 2 aromatic rings. The first-order valence-electron chi connectivity index (χ1n) is 4.98. The number of pyridine rings is 2. The predicted molar refractivity (Wildman–Crippen MR) is 63.0 cm³/mol. The number of nitrogens with zero attached hydrogens (tertiary/aromatic N) is 2. The molecule has 0 fully saturated rings. The van der Waals surface area contributed by atoms with Gasteiger partial charge < -0.3 is 10.1 Å². The number of aromatic nitrogens is 2. The lowest BCUT2D eigenvalue weighted by atomic mass is 10.2. The molecule has 82 valence electrons. The van der Waals surface area contributed by atoms with Gasteiger partial charge in [-0.25, -0.2) is 0 Å². The van der Waals surface area contributed by atoms with Crippen molar-refractivity contribution in [2.45, 2.75) is 6.92 Å². The third-order valence-electron chi connectivity index (χ3n) is 2.22. The van der Waals surface area contributed by atoms with Crippen molar-refractivity contribution in [2.24, 2.45) is 0 Å². The van der Waals surface area contributed by atoms with E-state index in [9.17, 15) is 0 Å². The molecule has 0 aliphatic carbocycles. The van der Waals surface area contributed by atoms with Gasteiger partial charge in [0.15, 0.2) is 0 Å². The molecule has 0 bridgehead atoms. The lowest BCUT2D eigenvalue weighted by Gasteiger charge is -2.08. The number of methoxy groups -OCH3 is 1. The second kappa shape index (κ2) is 4.61. The minimum atomic E-state index is 0.594. The van der Waals surface area contributed by atoms with Crippen LogP contribution in [-0.2, 0) is 0 Å². The number of hydrogen-bond donors (Lipinski definition) is 1. The van der Waals surface area contributed by atoms with Gasteiger partial charge in [-0.1, -0.05) is 6.07 Å². The van der Waals surface area contributed by atoms with Crippen molar-refractivity contribution in [2.75, 3.05) is 12.4 Å². The number of nitrogens with one attached hydrogen (secondary N) is 1. The van der Waals surface area contributed by atoms with Crippen LogP contribution in [0.4, 0.5) is 11.5 Å². The molecule has 0 aromatic carbocycles. The van der Waals surface area contributed by atoms with Crippen LogP contribution in [0.2, 0.25) is 0 Å². The summed E-state index contributed by atoms with van der Waals surface area (Å²) in [5.41, 5.74) is 2.07. The lowest BCUT2D eigenvalue weighted by Crippen LogP contribution is -1.97. The zero-order valence-electron chi connectivity index (χ0n) is 9.27. The number of ether oxygens (including phenoxy) is 1. The highest BCUT2D eigenvalue weighted by atomic mass is 16.5. The minimum Gasteiger partial charge on any atom is -0.481 e. The Morgan fingerprint density at radius 2 is 2.12 bits per heavy atom. The van der Waals surface area contributed by atoms with Crippen LogP contribution >= 0.6 is 0 Å². The topological polar surface area (TPSA) is 47.0 Å². The molecule has 0 radical (unpaired) electrons. The van der Waals surface area contributed by atoms with E-state index in [2.05, 4.69) is 15.3 Å². The average Bonchev–Trinajstić information content (AvgIpc) is 2.32. The van der Waals surface area contributed by atoms with Crippen LogP contribution in [0.5, 0.6) is 5.88 Å². The third-order valence-corrected chi connectivity index (χ3v) is 2.22. The first-order valence-corrected chi connectivity index (χ1v) is 4.98. The molecule has 4 nitrogen and oxygen atoms in total. The quantitative estimate of drug-likeness (QED) is 0.854. The number of hydrogen-bond acceptors (Lipinski definition) is 4. The summed E-state index contributed by atoms with van der Waals surface area (Å²) >= 11 is 0. The molecule has 0 atom stereocenters. The van der Waals surface area contributed by atoms with E-state index in [4.69, 9.17) is 4.74 Å². The van der Waals surface area contributed by atoms with Gasteiger partial charge in [-0.15, -0.1) is 0 Å².